The zero-order valence-electron chi connectivity index (χ0n) is 8.71. The summed E-state index contributed by atoms with van der Waals surface area (Å²) < 4.78 is 1.16. The smallest absolute Gasteiger partial charge is 0.306 e. The molecule has 0 radical (unpaired) electrons. The molecule has 0 amide bonds. The number of benzene rings is 1. The van der Waals surface area contributed by atoms with Gasteiger partial charge in [0, 0.05) is 0 Å². The predicted molar refractivity (Wildman–Crippen MR) is 68.0 cm³/mol. The summed E-state index contributed by atoms with van der Waals surface area (Å²) >= 11 is 1.36. The fourth-order valence-electron chi connectivity index (χ4n) is 1.76. The van der Waals surface area contributed by atoms with E-state index in [-0.39, 0.29) is 5.56 Å². The van der Waals surface area contributed by atoms with Crippen LogP contribution in [0.3, 0.4) is 0 Å². The van der Waals surface area contributed by atoms with Crippen molar-refractivity contribution >= 4 is 22.2 Å². The first-order chi connectivity index (χ1) is 8.27. The maximum atomic E-state index is 12.2. The van der Waals surface area contributed by atoms with Crippen LogP contribution in [0, 0.1) is 0 Å². The van der Waals surface area contributed by atoms with Crippen LogP contribution in [0.5, 0.6) is 0 Å². The second-order valence-electron chi connectivity index (χ2n) is 3.57. The Hall–Kier alpha value is -2.14. The summed E-state index contributed by atoms with van der Waals surface area (Å²) in [5.41, 5.74) is -0.127. The highest BCUT2D eigenvalue weighted by Gasteiger charge is 2.08. The highest BCUT2D eigenvalue weighted by molar-refractivity contribution is 7.12. The predicted octanol–water partition coefficient (Wildman–Crippen LogP) is 1.74. The average Bonchev–Trinajstić information content (AvgIpc) is 2.83. The molecule has 1 aromatic carbocycles. The van der Waals surface area contributed by atoms with Gasteiger partial charge in [0.05, 0.1) is 10.9 Å². The number of aromatic amines is 1. The molecule has 0 fully saturated rings. The van der Waals surface area contributed by atoms with E-state index in [0.29, 0.717) is 15.9 Å². The van der Waals surface area contributed by atoms with Crippen molar-refractivity contribution in [3.05, 3.63) is 62.6 Å². The standard InChI is InChI=1S/C12H8N2O2S/c15-11-8-4-1-2-5-9(8)13-12(16)14(11)10-6-3-7-17-10/h1-7H,(H,13,16). The van der Waals surface area contributed by atoms with Crippen molar-refractivity contribution in [3.8, 4) is 5.00 Å². The first-order valence-corrected chi connectivity index (χ1v) is 5.93. The zero-order chi connectivity index (χ0) is 11.8. The quantitative estimate of drug-likeness (QED) is 0.709. The van der Waals surface area contributed by atoms with Gasteiger partial charge < -0.3 is 4.98 Å². The lowest BCUT2D eigenvalue weighted by Gasteiger charge is -2.03. The topological polar surface area (TPSA) is 54.9 Å². The number of rotatable bonds is 1. The Bertz CT molecular complexity index is 784. The Morgan fingerprint density at radius 1 is 1.06 bits per heavy atom. The van der Waals surface area contributed by atoms with Crippen LogP contribution in [-0.4, -0.2) is 9.55 Å². The van der Waals surface area contributed by atoms with Crippen LogP contribution >= 0.6 is 11.3 Å². The molecule has 0 atom stereocenters. The molecule has 3 rings (SSSR count). The lowest BCUT2D eigenvalue weighted by atomic mass is 10.2. The van der Waals surface area contributed by atoms with Crippen molar-refractivity contribution in [2.24, 2.45) is 0 Å². The Balaban J connectivity index is 2.49. The highest BCUT2D eigenvalue weighted by Crippen LogP contribution is 2.12. The SMILES string of the molecule is O=c1[nH]c2ccccc2c(=O)n1-c1cccs1. The zero-order valence-corrected chi connectivity index (χ0v) is 9.53. The van der Waals surface area contributed by atoms with Crippen molar-refractivity contribution < 1.29 is 0 Å². The summed E-state index contributed by atoms with van der Waals surface area (Å²) in [5.74, 6) is 0. The Kier molecular flexibility index (Phi) is 2.19. The van der Waals surface area contributed by atoms with Gasteiger partial charge in [-0.2, -0.15) is 0 Å². The molecule has 0 bridgehead atoms. The first-order valence-electron chi connectivity index (χ1n) is 5.05. The molecule has 0 aliphatic heterocycles. The van der Waals surface area contributed by atoms with E-state index < -0.39 is 5.69 Å². The van der Waals surface area contributed by atoms with Crippen molar-refractivity contribution in [1.82, 2.24) is 9.55 Å². The maximum absolute atomic E-state index is 12.2. The average molecular weight is 244 g/mol. The highest BCUT2D eigenvalue weighted by atomic mass is 32.1. The van der Waals surface area contributed by atoms with Gasteiger partial charge in [-0.05, 0) is 29.6 Å². The molecule has 0 saturated carbocycles. The van der Waals surface area contributed by atoms with Crippen LogP contribution in [0.15, 0.2) is 51.4 Å². The van der Waals surface area contributed by atoms with Crippen molar-refractivity contribution in [1.29, 1.82) is 0 Å². The normalized spacial score (nSPS) is 10.8. The maximum Gasteiger partial charge on any atom is 0.334 e. The van der Waals surface area contributed by atoms with Crippen LogP contribution in [0.2, 0.25) is 0 Å². The molecule has 0 unspecified atom stereocenters. The summed E-state index contributed by atoms with van der Waals surface area (Å²) in [6, 6.07) is 10.5. The van der Waals surface area contributed by atoms with E-state index in [2.05, 4.69) is 4.98 Å². The van der Waals surface area contributed by atoms with Crippen LogP contribution in [0.1, 0.15) is 0 Å². The fraction of sp³-hybridized carbons (Fsp3) is 0. The lowest BCUT2D eigenvalue weighted by molar-refractivity contribution is 0.917. The third kappa shape index (κ3) is 1.52. The third-order valence-corrected chi connectivity index (χ3v) is 3.39. The van der Waals surface area contributed by atoms with Gasteiger partial charge in [-0.3, -0.25) is 4.79 Å². The number of nitrogens with one attached hydrogen (secondary N) is 1. The Morgan fingerprint density at radius 2 is 1.88 bits per heavy atom. The number of thiophene rings is 1. The number of para-hydroxylation sites is 1. The summed E-state index contributed by atoms with van der Waals surface area (Å²) in [4.78, 5) is 26.8. The molecule has 3 aromatic rings. The molecule has 2 heterocycles. The van der Waals surface area contributed by atoms with Gasteiger partial charge in [0.1, 0.15) is 5.00 Å². The second-order valence-corrected chi connectivity index (χ2v) is 4.49. The number of fused-ring (bicyclic) bond motifs is 1. The van der Waals surface area contributed by atoms with Crippen LogP contribution < -0.4 is 11.2 Å². The van der Waals surface area contributed by atoms with E-state index in [0.717, 1.165) is 4.57 Å². The number of H-pyrrole nitrogens is 1. The first kappa shape index (κ1) is 10.0. The number of nitrogens with zero attached hydrogens (tertiary/aromatic N) is 1. The molecule has 5 heteroatoms. The Labute approximate surface area is 99.8 Å². The van der Waals surface area contributed by atoms with E-state index in [1.54, 1.807) is 36.4 Å². The van der Waals surface area contributed by atoms with Gasteiger partial charge in [-0.1, -0.05) is 12.1 Å². The largest absolute Gasteiger partial charge is 0.334 e. The Morgan fingerprint density at radius 3 is 2.65 bits per heavy atom. The van der Waals surface area contributed by atoms with Gasteiger partial charge in [-0.25, -0.2) is 9.36 Å². The van der Waals surface area contributed by atoms with E-state index >= 15 is 0 Å². The van der Waals surface area contributed by atoms with Gasteiger partial charge in [0.25, 0.3) is 5.56 Å². The molecule has 4 nitrogen and oxygen atoms in total. The van der Waals surface area contributed by atoms with Gasteiger partial charge >= 0.3 is 5.69 Å². The number of aromatic nitrogens is 2. The molecule has 84 valence electrons. The molecular weight excluding hydrogens is 236 g/mol. The van der Waals surface area contributed by atoms with Crippen LogP contribution in [-0.2, 0) is 0 Å². The minimum Gasteiger partial charge on any atom is -0.306 e. The summed E-state index contributed by atoms with van der Waals surface area (Å²) in [7, 11) is 0. The number of hydrogen-bond donors (Lipinski definition) is 1. The molecule has 1 N–H and O–H groups in total. The summed E-state index contributed by atoms with van der Waals surface area (Å²) in [6.45, 7) is 0. The molecule has 17 heavy (non-hydrogen) atoms. The molecule has 0 aliphatic carbocycles. The summed E-state index contributed by atoms with van der Waals surface area (Å²) in [6.07, 6.45) is 0. The van der Waals surface area contributed by atoms with Crippen molar-refractivity contribution in [2.75, 3.05) is 0 Å². The van der Waals surface area contributed by atoms with Gasteiger partial charge in [0.15, 0.2) is 0 Å². The van der Waals surface area contributed by atoms with E-state index in [1.807, 2.05) is 5.38 Å². The minimum absolute atomic E-state index is 0.285. The van der Waals surface area contributed by atoms with E-state index in [1.165, 1.54) is 11.3 Å². The molecule has 0 saturated heterocycles. The lowest BCUT2D eigenvalue weighted by Crippen LogP contribution is -2.32. The van der Waals surface area contributed by atoms with Crippen molar-refractivity contribution in [3.63, 3.8) is 0 Å². The summed E-state index contributed by atoms with van der Waals surface area (Å²) in [5, 5.41) is 2.97. The minimum atomic E-state index is -0.406. The van der Waals surface area contributed by atoms with Gasteiger partial charge in [-0.15, -0.1) is 11.3 Å². The molecule has 0 aliphatic rings. The van der Waals surface area contributed by atoms with Gasteiger partial charge in [0.2, 0.25) is 0 Å². The molecule has 0 spiro atoms. The van der Waals surface area contributed by atoms with Crippen LogP contribution in [0.25, 0.3) is 15.9 Å². The fourth-order valence-corrected chi connectivity index (χ4v) is 2.48. The molecule has 2 aromatic heterocycles. The van der Waals surface area contributed by atoms with Crippen LogP contribution in [0.4, 0.5) is 0 Å². The molecular formula is C12H8N2O2S. The third-order valence-electron chi connectivity index (χ3n) is 2.53. The van der Waals surface area contributed by atoms with Crippen molar-refractivity contribution in [2.45, 2.75) is 0 Å². The second kappa shape index (κ2) is 3.71. The van der Waals surface area contributed by atoms with E-state index in [4.69, 9.17) is 0 Å². The monoisotopic (exact) mass is 244 g/mol. The number of hydrogen-bond acceptors (Lipinski definition) is 3. The van der Waals surface area contributed by atoms with E-state index in [9.17, 15) is 9.59 Å².